The second kappa shape index (κ2) is 8.90. The van der Waals surface area contributed by atoms with E-state index in [2.05, 4.69) is 17.2 Å². The number of ether oxygens (including phenoxy) is 1. The van der Waals surface area contributed by atoms with Gasteiger partial charge in [0.25, 0.3) is 0 Å². The molecule has 22 heavy (non-hydrogen) atoms. The molecule has 1 unspecified atom stereocenters. The van der Waals surface area contributed by atoms with Gasteiger partial charge in [0.15, 0.2) is 0 Å². The first-order valence-electron chi connectivity index (χ1n) is 7.98. The standard InChI is InChI=1S/C16H29N3O3/c1-4-7-12(17)22-11-8-13(20)19-14(15(21)18-5-2)16(3)9-6-10-16/h4,12,14H,1,5-11,17H2,2-3H3,(H,18,21)(H,19,20)/t12?,14-/m0/s1. The summed E-state index contributed by atoms with van der Waals surface area (Å²) >= 11 is 0. The van der Waals surface area contributed by atoms with Crippen molar-refractivity contribution in [3.8, 4) is 0 Å². The van der Waals surface area contributed by atoms with Gasteiger partial charge in [0.05, 0.1) is 13.0 Å². The van der Waals surface area contributed by atoms with Crippen LogP contribution in [-0.2, 0) is 14.3 Å². The molecule has 0 bridgehead atoms. The lowest BCUT2D eigenvalue weighted by molar-refractivity contribution is -0.134. The number of likely N-dealkylation sites (N-methyl/N-ethyl adjacent to an activating group) is 1. The van der Waals surface area contributed by atoms with E-state index >= 15 is 0 Å². The number of nitrogens with one attached hydrogen (secondary N) is 2. The summed E-state index contributed by atoms with van der Waals surface area (Å²) < 4.78 is 5.31. The largest absolute Gasteiger partial charge is 0.363 e. The lowest BCUT2D eigenvalue weighted by atomic mass is 9.65. The molecule has 1 aliphatic rings. The van der Waals surface area contributed by atoms with E-state index in [-0.39, 0.29) is 30.3 Å². The van der Waals surface area contributed by atoms with Crippen LogP contribution in [-0.4, -0.2) is 37.2 Å². The molecule has 0 aromatic heterocycles. The van der Waals surface area contributed by atoms with E-state index in [1.807, 2.05) is 13.8 Å². The summed E-state index contributed by atoms with van der Waals surface area (Å²) in [5.41, 5.74) is 5.53. The lowest BCUT2D eigenvalue weighted by Crippen LogP contribution is -2.57. The summed E-state index contributed by atoms with van der Waals surface area (Å²) in [5, 5.41) is 5.66. The summed E-state index contributed by atoms with van der Waals surface area (Å²) in [6.07, 6.45) is 4.98. The van der Waals surface area contributed by atoms with Crippen molar-refractivity contribution in [2.75, 3.05) is 13.2 Å². The second-order valence-electron chi connectivity index (χ2n) is 6.09. The van der Waals surface area contributed by atoms with Crippen LogP contribution in [0.25, 0.3) is 0 Å². The zero-order valence-electron chi connectivity index (χ0n) is 13.7. The molecule has 0 spiro atoms. The first kappa shape index (κ1) is 18.6. The summed E-state index contributed by atoms with van der Waals surface area (Å²) in [4.78, 5) is 24.3. The second-order valence-corrected chi connectivity index (χ2v) is 6.09. The fourth-order valence-electron chi connectivity index (χ4n) is 2.62. The Balaban J connectivity index is 2.46. The van der Waals surface area contributed by atoms with E-state index < -0.39 is 12.3 Å². The molecular weight excluding hydrogens is 282 g/mol. The van der Waals surface area contributed by atoms with Crippen molar-refractivity contribution in [2.24, 2.45) is 11.1 Å². The van der Waals surface area contributed by atoms with Crippen LogP contribution in [0.5, 0.6) is 0 Å². The Morgan fingerprint density at radius 2 is 2.14 bits per heavy atom. The van der Waals surface area contributed by atoms with Crippen molar-refractivity contribution in [2.45, 2.75) is 58.2 Å². The molecule has 0 heterocycles. The highest BCUT2D eigenvalue weighted by molar-refractivity contribution is 5.88. The van der Waals surface area contributed by atoms with Gasteiger partial charge in [0, 0.05) is 13.0 Å². The molecule has 6 nitrogen and oxygen atoms in total. The van der Waals surface area contributed by atoms with Crippen molar-refractivity contribution in [1.82, 2.24) is 10.6 Å². The number of carbonyl (C=O) groups is 2. The van der Waals surface area contributed by atoms with Crippen LogP contribution >= 0.6 is 0 Å². The Morgan fingerprint density at radius 3 is 2.64 bits per heavy atom. The Labute approximate surface area is 132 Å². The monoisotopic (exact) mass is 311 g/mol. The molecule has 0 aromatic carbocycles. The Kier molecular flexibility index (Phi) is 7.55. The maximum absolute atomic E-state index is 12.2. The van der Waals surface area contributed by atoms with E-state index in [0.29, 0.717) is 13.0 Å². The molecule has 2 amide bonds. The molecule has 1 aliphatic carbocycles. The Hall–Kier alpha value is -1.40. The molecule has 126 valence electrons. The third-order valence-electron chi connectivity index (χ3n) is 4.17. The van der Waals surface area contributed by atoms with Gasteiger partial charge in [-0.15, -0.1) is 6.58 Å². The van der Waals surface area contributed by atoms with Gasteiger partial charge in [-0.25, -0.2) is 0 Å². The molecule has 1 saturated carbocycles. The fourth-order valence-corrected chi connectivity index (χ4v) is 2.62. The van der Waals surface area contributed by atoms with Crippen molar-refractivity contribution >= 4 is 11.8 Å². The lowest BCUT2D eigenvalue weighted by Gasteiger charge is -2.44. The SMILES string of the molecule is C=CCC(N)OCCC(=O)N[C@@H](C(=O)NCC)C1(C)CCC1. The minimum atomic E-state index is -0.476. The molecule has 4 N–H and O–H groups in total. The number of nitrogens with two attached hydrogens (primary N) is 1. The van der Waals surface area contributed by atoms with Gasteiger partial charge in [-0.3, -0.25) is 9.59 Å². The predicted molar refractivity (Wildman–Crippen MR) is 85.9 cm³/mol. The Morgan fingerprint density at radius 1 is 1.45 bits per heavy atom. The summed E-state index contributed by atoms with van der Waals surface area (Å²) in [6, 6.07) is -0.476. The van der Waals surface area contributed by atoms with Crippen LogP contribution in [0.3, 0.4) is 0 Å². The minimum absolute atomic E-state index is 0.109. The van der Waals surface area contributed by atoms with Gasteiger partial charge in [-0.2, -0.15) is 0 Å². The molecule has 0 radical (unpaired) electrons. The van der Waals surface area contributed by atoms with Crippen LogP contribution in [0.2, 0.25) is 0 Å². The highest BCUT2D eigenvalue weighted by atomic mass is 16.5. The maximum Gasteiger partial charge on any atom is 0.243 e. The van der Waals surface area contributed by atoms with Crippen molar-refractivity contribution < 1.29 is 14.3 Å². The van der Waals surface area contributed by atoms with E-state index in [4.69, 9.17) is 10.5 Å². The number of carbonyl (C=O) groups excluding carboxylic acids is 2. The minimum Gasteiger partial charge on any atom is -0.363 e. The van der Waals surface area contributed by atoms with E-state index in [0.717, 1.165) is 19.3 Å². The molecule has 2 atom stereocenters. The third kappa shape index (κ3) is 5.42. The first-order chi connectivity index (χ1) is 10.4. The summed E-state index contributed by atoms with van der Waals surface area (Å²) in [5.74, 6) is -0.294. The third-order valence-corrected chi connectivity index (χ3v) is 4.17. The van der Waals surface area contributed by atoms with Gasteiger partial charge < -0.3 is 21.1 Å². The molecule has 1 rings (SSSR count). The Bertz CT molecular complexity index is 394. The van der Waals surface area contributed by atoms with Gasteiger partial charge in [-0.1, -0.05) is 19.4 Å². The highest BCUT2D eigenvalue weighted by Gasteiger charge is 2.44. The highest BCUT2D eigenvalue weighted by Crippen LogP contribution is 2.43. The quantitative estimate of drug-likeness (QED) is 0.415. The molecule has 0 aromatic rings. The van der Waals surface area contributed by atoms with E-state index in [1.165, 1.54) is 0 Å². The number of hydrogen-bond acceptors (Lipinski definition) is 4. The van der Waals surface area contributed by atoms with Crippen LogP contribution in [0.4, 0.5) is 0 Å². The topological polar surface area (TPSA) is 93.4 Å². The summed E-state index contributed by atoms with van der Waals surface area (Å²) in [6.45, 7) is 8.29. The van der Waals surface area contributed by atoms with Crippen LogP contribution in [0, 0.1) is 5.41 Å². The number of amides is 2. The molecular formula is C16H29N3O3. The van der Waals surface area contributed by atoms with Gasteiger partial charge in [0.2, 0.25) is 11.8 Å². The zero-order valence-corrected chi connectivity index (χ0v) is 13.7. The number of hydrogen-bond donors (Lipinski definition) is 3. The van der Waals surface area contributed by atoms with Crippen LogP contribution in [0.1, 0.15) is 46.0 Å². The maximum atomic E-state index is 12.2. The van der Waals surface area contributed by atoms with Gasteiger partial charge in [-0.05, 0) is 25.2 Å². The van der Waals surface area contributed by atoms with Crippen molar-refractivity contribution in [3.63, 3.8) is 0 Å². The normalized spacial score (nSPS) is 18.7. The van der Waals surface area contributed by atoms with E-state index in [9.17, 15) is 9.59 Å². The van der Waals surface area contributed by atoms with Gasteiger partial charge in [0.1, 0.15) is 12.3 Å². The molecule has 1 fully saturated rings. The molecule has 0 saturated heterocycles. The summed E-state index contributed by atoms with van der Waals surface area (Å²) in [7, 11) is 0. The van der Waals surface area contributed by atoms with Crippen molar-refractivity contribution in [1.29, 1.82) is 0 Å². The van der Waals surface area contributed by atoms with Crippen molar-refractivity contribution in [3.05, 3.63) is 12.7 Å². The van der Waals surface area contributed by atoms with Crippen LogP contribution in [0.15, 0.2) is 12.7 Å². The van der Waals surface area contributed by atoms with E-state index in [1.54, 1.807) is 6.08 Å². The average molecular weight is 311 g/mol. The predicted octanol–water partition coefficient (Wildman–Crippen LogP) is 1.07. The number of rotatable bonds is 10. The van der Waals surface area contributed by atoms with Gasteiger partial charge >= 0.3 is 0 Å². The zero-order chi connectivity index (χ0) is 16.6. The fraction of sp³-hybridized carbons (Fsp3) is 0.750. The molecule has 6 heteroatoms. The van der Waals surface area contributed by atoms with Crippen LogP contribution < -0.4 is 16.4 Å². The smallest absolute Gasteiger partial charge is 0.243 e. The molecule has 0 aliphatic heterocycles. The first-order valence-corrected chi connectivity index (χ1v) is 7.98. The average Bonchev–Trinajstić information content (AvgIpc) is 2.43.